The smallest absolute Gasteiger partial charge is 0.150 e. The summed E-state index contributed by atoms with van der Waals surface area (Å²) in [6.07, 6.45) is 6.69. The first-order chi connectivity index (χ1) is 8.04. The van der Waals surface area contributed by atoms with E-state index in [2.05, 4.69) is 5.32 Å². The van der Waals surface area contributed by atoms with Gasteiger partial charge in [-0.1, -0.05) is 26.2 Å². The van der Waals surface area contributed by atoms with Crippen molar-refractivity contribution >= 4 is 21.4 Å². The Balaban J connectivity index is 2.29. The van der Waals surface area contributed by atoms with Crippen molar-refractivity contribution in [3.8, 4) is 0 Å². The van der Waals surface area contributed by atoms with Gasteiger partial charge >= 0.3 is 0 Å². The Labute approximate surface area is 110 Å². The van der Waals surface area contributed by atoms with Crippen LogP contribution in [0.5, 0.6) is 0 Å². The first kappa shape index (κ1) is 15.3. The molecule has 0 aromatic carbocycles. The van der Waals surface area contributed by atoms with Gasteiger partial charge in [0.15, 0.2) is 0 Å². The first-order valence-electron chi connectivity index (χ1n) is 6.55. The van der Waals surface area contributed by atoms with E-state index in [4.69, 9.17) is 11.6 Å². The van der Waals surface area contributed by atoms with Crippen LogP contribution < -0.4 is 5.32 Å². The van der Waals surface area contributed by atoms with Crippen molar-refractivity contribution in [3.63, 3.8) is 0 Å². The van der Waals surface area contributed by atoms with E-state index < -0.39 is 9.84 Å². The third kappa shape index (κ3) is 5.14. The van der Waals surface area contributed by atoms with E-state index in [-0.39, 0.29) is 17.0 Å². The van der Waals surface area contributed by atoms with Gasteiger partial charge in [-0.15, -0.1) is 11.6 Å². The molecule has 5 heteroatoms. The van der Waals surface area contributed by atoms with Crippen LogP contribution in [0, 0.1) is 0 Å². The quantitative estimate of drug-likeness (QED) is 0.576. The third-order valence-corrected chi connectivity index (χ3v) is 5.94. The lowest BCUT2D eigenvalue weighted by atomic mass is 9.83. The second-order valence-corrected chi connectivity index (χ2v) is 7.73. The second-order valence-electron chi connectivity index (χ2n) is 4.99. The number of nitrogens with one attached hydrogen (secondary N) is 1. The number of hydrogen-bond acceptors (Lipinski definition) is 3. The van der Waals surface area contributed by atoms with Crippen LogP contribution in [0.2, 0.25) is 0 Å². The van der Waals surface area contributed by atoms with Crippen LogP contribution in [-0.4, -0.2) is 37.9 Å². The van der Waals surface area contributed by atoms with Gasteiger partial charge in [0, 0.05) is 17.2 Å². The van der Waals surface area contributed by atoms with Crippen LogP contribution in [0.15, 0.2) is 0 Å². The van der Waals surface area contributed by atoms with Crippen molar-refractivity contribution in [3.05, 3.63) is 0 Å². The van der Waals surface area contributed by atoms with Crippen LogP contribution in [0.4, 0.5) is 0 Å². The molecule has 0 amide bonds. The molecule has 0 spiro atoms. The maximum absolute atomic E-state index is 11.3. The van der Waals surface area contributed by atoms with Gasteiger partial charge in [-0.25, -0.2) is 8.42 Å². The normalized spacial score (nSPS) is 20.4. The molecule has 0 heterocycles. The zero-order valence-electron chi connectivity index (χ0n) is 10.7. The highest BCUT2D eigenvalue weighted by molar-refractivity contribution is 7.91. The SMILES string of the molecule is CCS(=O)(=O)CCCNC1(CCl)CCCCC1. The summed E-state index contributed by atoms with van der Waals surface area (Å²) in [7, 11) is -2.82. The van der Waals surface area contributed by atoms with E-state index in [1.807, 2.05) is 0 Å². The fourth-order valence-corrected chi connectivity index (χ4v) is 3.61. The topological polar surface area (TPSA) is 46.2 Å². The third-order valence-electron chi connectivity index (χ3n) is 3.64. The van der Waals surface area contributed by atoms with Crippen molar-refractivity contribution in [2.45, 2.75) is 51.0 Å². The van der Waals surface area contributed by atoms with Gasteiger partial charge in [0.1, 0.15) is 9.84 Å². The average Bonchev–Trinajstić information content (AvgIpc) is 2.36. The predicted molar refractivity (Wildman–Crippen MR) is 73.5 cm³/mol. The van der Waals surface area contributed by atoms with Crippen LogP contribution in [0.1, 0.15) is 45.4 Å². The van der Waals surface area contributed by atoms with Gasteiger partial charge in [-0.3, -0.25) is 0 Å². The Morgan fingerprint density at radius 1 is 1.24 bits per heavy atom. The molecule has 0 bridgehead atoms. The Hall–Kier alpha value is 0.200. The summed E-state index contributed by atoms with van der Waals surface area (Å²) in [6.45, 7) is 2.45. The van der Waals surface area contributed by atoms with Gasteiger partial charge in [0.05, 0.1) is 5.75 Å². The van der Waals surface area contributed by atoms with E-state index in [1.165, 1.54) is 19.3 Å². The van der Waals surface area contributed by atoms with E-state index in [1.54, 1.807) is 6.92 Å². The summed E-state index contributed by atoms with van der Waals surface area (Å²) in [5, 5.41) is 3.49. The molecule has 1 aliphatic carbocycles. The van der Waals surface area contributed by atoms with Crippen molar-refractivity contribution in [1.29, 1.82) is 0 Å². The molecule has 1 rings (SSSR count). The van der Waals surface area contributed by atoms with E-state index in [0.29, 0.717) is 12.3 Å². The molecule has 17 heavy (non-hydrogen) atoms. The minimum absolute atomic E-state index is 0.0653. The van der Waals surface area contributed by atoms with Gasteiger partial charge in [0.2, 0.25) is 0 Å². The monoisotopic (exact) mass is 281 g/mol. The lowest BCUT2D eigenvalue weighted by Gasteiger charge is -2.36. The van der Waals surface area contributed by atoms with E-state index in [9.17, 15) is 8.42 Å². The number of halogens is 1. The van der Waals surface area contributed by atoms with Crippen LogP contribution in [-0.2, 0) is 9.84 Å². The summed E-state index contributed by atoms with van der Waals surface area (Å²) < 4.78 is 22.7. The first-order valence-corrected chi connectivity index (χ1v) is 8.91. The highest BCUT2D eigenvalue weighted by Gasteiger charge is 2.30. The minimum Gasteiger partial charge on any atom is -0.310 e. The largest absolute Gasteiger partial charge is 0.310 e. The predicted octanol–water partition coefficient (Wildman–Crippen LogP) is 2.34. The fourth-order valence-electron chi connectivity index (χ4n) is 2.38. The number of sulfone groups is 1. The van der Waals surface area contributed by atoms with Gasteiger partial charge < -0.3 is 5.32 Å². The highest BCUT2D eigenvalue weighted by atomic mass is 35.5. The molecule has 0 unspecified atom stereocenters. The van der Waals surface area contributed by atoms with Crippen molar-refractivity contribution in [2.24, 2.45) is 0 Å². The molecular formula is C12H24ClNO2S. The zero-order valence-corrected chi connectivity index (χ0v) is 12.2. The van der Waals surface area contributed by atoms with Crippen LogP contribution in [0.3, 0.4) is 0 Å². The Bertz CT molecular complexity index is 310. The molecule has 1 N–H and O–H groups in total. The molecule has 0 saturated heterocycles. The Kier molecular flexibility index (Phi) is 6.24. The molecular weight excluding hydrogens is 258 g/mol. The fraction of sp³-hybridized carbons (Fsp3) is 1.00. The van der Waals surface area contributed by atoms with Crippen molar-refractivity contribution < 1.29 is 8.42 Å². The molecule has 0 aromatic heterocycles. The summed E-state index contributed by atoms with van der Waals surface area (Å²) in [5.74, 6) is 1.16. The molecule has 0 atom stereocenters. The van der Waals surface area contributed by atoms with Gasteiger partial charge in [-0.2, -0.15) is 0 Å². The van der Waals surface area contributed by atoms with Gasteiger partial charge in [-0.05, 0) is 25.8 Å². The van der Waals surface area contributed by atoms with E-state index >= 15 is 0 Å². The lowest BCUT2D eigenvalue weighted by molar-refractivity contribution is 0.259. The maximum Gasteiger partial charge on any atom is 0.150 e. The van der Waals surface area contributed by atoms with E-state index in [0.717, 1.165) is 19.4 Å². The van der Waals surface area contributed by atoms with Crippen molar-refractivity contribution in [2.75, 3.05) is 23.9 Å². The molecule has 1 saturated carbocycles. The summed E-state index contributed by atoms with van der Waals surface area (Å²) in [6, 6.07) is 0. The number of rotatable bonds is 7. The standard InChI is InChI=1S/C12H24ClNO2S/c1-2-17(15,16)10-6-9-14-12(11-13)7-4-3-5-8-12/h14H,2-11H2,1H3. The number of alkyl halides is 1. The summed E-state index contributed by atoms with van der Waals surface area (Å²) >= 11 is 6.05. The lowest BCUT2D eigenvalue weighted by Crippen LogP contribution is -2.49. The van der Waals surface area contributed by atoms with Crippen molar-refractivity contribution in [1.82, 2.24) is 5.32 Å². The molecule has 3 nitrogen and oxygen atoms in total. The Morgan fingerprint density at radius 2 is 1.88 bits per heavy atom. The molecule has 102 valence electrons. The molecule has 0 aliphatic heterocycles. The maximum atomic E-state index is 11.3. The number of hydrogen-bond donors (Lipinski definition) is 1. The highest BCUT2D eigenvalue weighted by Crippen LogP contribution is 2.29. The van der Waals surface area contributed by atoms with Gasteiger partial charge in [0.25, 0.3) is 0 Å². The molecule has 1 aliphatic rings. The zero-order chi connectivity index (χ0) is 12.8. The summed E-state index contributed by atoms with van der Waals surface area (Å²) in [4.78, 5) is 0. The van der Waals surface area contributed by atoms with Crippen LogP contribution >= 0.6 is 11.6 Å². The Morgan fingerprint density at radius 3 is 2.41 bits per heavy atom. The second kappa shape index (κ2) is 6.95. The minimum atomic E-state index is -2.82. The summed E-state index contributed by atoms with van der Waals surface area (Å²) in [5.41, 5.74) is 0.0653. The molecule has 0 radical (unpaired) electrons. The average molecular weight is 282 g/mol. The van der Waals surface area contributed by atoms with Crippen LogP contribution in [0.25, 0.3) is 0 Å². The molecule has 0 aromatic rings. The molecule has 1 fully saturated rings.